The summed E-state index contributed by atoms with van der Waals surface area (Å²) < 4.78 is 5.80. The molecule has 0 unspecified atom stereocenters. The van der Waals surface area contributed by atoms with Crippen LogP contribution in [0, 0.1) is 29.6 Å². The molecule has 3 aliphatic rings. The molecular formula is C30H54O2. The van der Waals surface area contributed by atoms with Crippen LogP contribution in [0.3, 0.4) is 0 Å². The Morgan fingerprint density at radius 2 is 1.06 bits per heavy atom. The molecule has 0 radical (unpaired) electrons. The van der Waals surface area contributed by atoms with Crippen molar-refractivity contribution in [3.63, 3.8) is 0 Å². The van der Waals surface area contributed by atoms with Crippen molar-refractivity contribution in [1.29, 1.82) is 0 Å². The highest BCUT2D eigenvalue weighted by Gasteiger charge is 2.35. The first-order valence-electron chi connectivity index (χ1n) is 14.9. The van der Waals surface area contributed by atoms with Gasteiger partial charge in [0, 0.05) is 6.42 Å². The fraction of sp³-hybridized carbons (Fsp3) is 0.967. The summed E-state index contributed by atoms with van der Waals surface area (Å²) in [6, 6.07) is 0. The molecule has 0 atom stereocenters. The highest BCUT2D eigenvalue weighted by molar-refractivity contribution is 5.69. The van der Waals surface area contributed by atoms with E-state index in [9.17, 15) is 4.79 Å². The molecule has 0 aromatic rings. The van der Waals surface area contributed by atoms with E-state index in [-0.39, 0.29) is 12.1 Å². The Kier molecular flexibility index (Phi) is 12.0. The van der Waals surface area contributed by atoms with E-state index in [1.54, 1.807) is 0 Å². The molecule has 3 aliphatic carbocycles. The van der Waals surface area contributed by atoms with Gasteiger partial charge in [-0.1, -0.05) is 71.6 Å². The van der Waals surface area contributed by atoms with Crippen LogP contribution in [0.5, 0.6) is 0 Å². The minimum Gasteiger partial charge on any atom is -0.462 e. The maximum Gasteiger partial charge on any atom is 0.306 e. The summed E-state index contributed by atoms with van der Waals surface area (Å²) in [5.74, 6) is 5.06. The fourth-order valence-corrected chi connectivity index (χ4v) is 7.34. The molecule has 186 valence electrons. The normalized spacial score (nSPS) is 33.7. The second-order valence-electron chi connectivity index (χ2n) is 11.8. The summed E-state index contributed by atoms with van der Waals surface area (Å²) in [7, 11) is 0. The quantitative estimate of drug-likeness (QED) is 0.220. The molecule has 2 heteroatoms. The van der Waals surface area contributed by atoms with Gasteiger partial charge in [0.1, 0.15) is 6.10 Å². The van der Waals surface area contributed by atoms with E-state index in [0.29, 0.717) is 6.42 Å². The van der Waals surface area contributed by atoms with Crippen molar-refractivity contribution in [2.24, 2.45) is 29.6 Å². The molecule has 0 aliphatic heterocycles. The first-order valence-corrected chi connectivity index (χ1v) is 14.9. The molecule has 0 amide bonds. The molecule has 0 bridgehead atoms. The van der Waals surface area contributed by atoms with Gasteiger partial charge in [-0.05, 0) is 100 Å². The molecule has 2 nitrogen and oxygen atoms in total. The van der Waals surface area contributed by atoms with E-state index in [2.05, 4.69) is 13.8 Å². The van der Waals surface area contributed by atoms with Crippen LogP contribution in [0.15, 0.2) is 0 Å². The van der Waals surface area contributed by atoms with Gasteiger partial charge in [0.05, 0.1) is 0 Å². The zero-order chi connectivity index (χ0) is 22.6. The molecule has 3 saturated carbocycles. The minimum atomic E-state index is 0.0603. The Hall–Kier alpha value is -0.530. The maximum atomic E-state index is 12.1. The molecule has 3 fully saturated rings. The molecule has 0 heterocycles. The van der Waals surface area contributed by atoms with Crippen molar-refractivity contribution < 1.29 is 9.53 Å². The third-order valence-corrected chi connectivity index (χ3v) is 9.51. The van der Waals surface area contributed by atoms with Gasteiger partial charge in [0.25, 0.3) is 0 Å². The third-order valence-electron chi connectivity index (χ3n) is 9.51. The van der Waals surface area contributed by atoms with Crippen molar-refractivity contribution >= 4 is 5.97 Å². The average Bonchev–Trinajstić information content (AvgIpc) is 2.83. The second kappa shape index (κ2) is 14.7. The molecule has 0 saturated heterocycles. The molecule has 0 spiro atoms. The molecule has 0 aromatic carbocycles. The number of rotatable bonds is 12. The smallest absolute Gasteiger partial charge is 0.306 e. The Bertz CT molecular complexity index is 491. The summed E-state index contributed by atoms with van der Waals surface area (Å²) >= 11 is 0. The topological polar surface area (TPSA) is 26.3 Å². The first-order chi connectivity index (χ1) is 15.7. The number of hydrogen-bond donors (Lipinski definition) is 0. The zero-order valence-electron chi connectivity index (χ0n) is 21.6. The zero-order valence-corrected chi connectivity index (χ0v) is 21.6. The number of carbonyl (C=O) groups is 1. The van der Waals surface area contributed by atoms with Crippen molar-refractivity contribution in [2.75, 3.05) is 0 Å². The minimum absolute atomic E-state index is 0.0603. The Morgan fingerprint density at radius 1 is 0.594 bits per heavy atom. The standard InChI is InChI=1S/C30H54O2/c1-3-5-7-9-11-30(31)32-29-22-20-28(21-23-29)27-18-16-26(17-19-27)25-14-12-24(13-15-25)10-8-6-4-2/h24-29H,3-23H2,1-2H3. The van der Waals surface area contributed by atoms with Crippen LogP contribution >= 0.6 is 0 Å². The lowest BCUT2D eigenvalue weighted by molar-refractivity contribution is -0.151. The van der Waals surface area contributed by atoms with Crippen LogP contribution < -0.4 is 0 Å². The SMILES string of the molecule is CCCCCCC(=O)OC1CCC(C2CCC(C3CCC(CCCCC)CC3)CC2)CC1. The van der Waals surface area contributed by atoms with E-state index < -0.39 is 0 Å². The number of esters is 1. The van der Waals surface area contributed by atoms with Gasteiger partial charge in [-0.25, -0.2) is 0 Å². The Morgan fingerprint density at radius 3 is 1.59 bits per heavy atom. The van der Waals surface area contributed by atoms with Crippen molar-refractivity contribution in [3.8, 4) is 0 Å². The molecule has 32 heavy (non-hydrogen) atoms. The van der Waals surface area contributed by atoms with E-state index in [1.807, 2.05) is 0 Å². The van der Waals surface area contributed by atoms with Gasteiger partial charge >= 0.3 is 5.97 Å². The van der Waals surface area contributed by atoms with E-state index in [1.165, 1.54) is 109 Å². The van der Waals surface area contributed by atoms with Gasteiger partial charge < -0.3 is 4.74 Å². The summed E-state index contributed by atoms with van der Waals surface area (Å²) in [6.07, 6.45) is 28.2. The maximum absolute atomic E-state index is 12.1. The molecular weight excluding hydrogens is 392 g/mol. The Balaban J connectivity index is 1.27. The van der Waals surface area contributed by atoms with E-state index >= 15 is 0 Å². The van der Waals surface area contributed by atoms with Crippen molar-refractivity contribution in [3.05, 3.63) is 0 Å². The highest BCUT2D eigenvalue weighted by atomic mass is 16.5. The van der Waals surface area contributed by atoms with Crippen LogP contribution in [0.2, 0.25) is 0 Å². The predicted octanol–water partition coefficient (Wildman–Crippen LogP) is 9.25. The van der Waals surface area contributed by atoms with Crippen LogP contribution in [0.1, 0.15) is 149 Å². The highest BCUT2D eigenvalue weighted by Crippen LogP contribution is 2.46. The largest absolute Gasteiger partial charge is 0.462 e. The molecule has 0 N–H and O–H groups in total. The lowest BCUT2D eigenvalue weighted by Crippen LogP contribution is -2.31. The van der Waals surface area contributed by atoms with Crippen LogP contribution in [0.4, 0.5) is 0 Å². The van der Waals surface area contributed by atoms with Gasteiger partial charge in [0.15, 0.2) is 0 Å². The van der Waals surface area contributed by atoms with Crippen molar-refractivity contribution in [1.82, 2.24) is 0 Å². The molecule has 0 aromatic heterocycles. The van der Waals surface area contributed by atoms with Gasteiger partial charge in [-0.2, -0.15) is 0 Å². The average molecular weight is 447 g/mol. The lowest BCUT2D eigenvalue weighted by atomic mass is 9.65. The van der Waals surface area contributed by atoms with Crippen LogP contribution in [-0.2, 0) is 9.53 Å². The number of hydrogen-bond acceptors (Lipinski definition) is 2. The van der Waals surface area contributed by atoms with Crippen LogP contribution in [0.25, 0.3) is 0 Å². The summed E-state index contributed by atoms with van der Waals surface area (Å²) in [5.41, 5.74) is 0. The second-order valence-corrected chi connectivity index (χ2v) is 11.8. The summed E-state index contributed by atoms with van der Waals surface area (Å²) in [6.45, 7) is 4.54. The number of carbonyl (C=O) groups excluding carboxylic acids is 1. The van der Waals surface area contributed by atoms with Crippen molar-refractivity contribution in [2.45, 2.75) is 155 Å². The fourth-order valence-electron chi connectivity index (χ4n) is 7.34. The Labute approximate surface area is 200 Å². The predicted molar refractivity (Wildman–Crippen MR) is 136 cm³/mol. The summed E-state index contributed by atoms with van der Waals surface area (Å²) in [4.78, 5) is 12.1. The van der Waals surface area contributed by atoms with Crippen LogP contribution in [-0.4, -0.2) is 12.1 Å². The number of ether oxygens (including phenoxy) is 1. The third kappa shape index (κ3) is 8.68. The monoisotopic (exact) mass is 446 g/mol. The number of unbranched alkanes of at least 4 members (excludes halogenated alkanes) is 5. The summed E-state index contributed by atoms with van der Waals surface area (Å²) in [5, 5.41) is 0. The van der Waals surface area contributed by atoms with E-state index in [4.69, 9.17) is 4.74 Å². The van der Waals surface area contributed by atoms with Gasteiger partial charge in [0.2, 0.25) is 0 Å². The lowest BCUT2D eigenvalue weighted by Gasteiger charge is -2.41. The first kappa shape index (κ1) is 26.1. The molecule has 3 rings (SSSR count). The van der Waals surface area contributed by atoms with Gasteiger partial charge in [-0.3, -0.25) is 4.79 Å². The van der Waals surface area contributed by atoms with Gasteiger partial charge in [-0.15, -0.1) is 0 Å². The van der Waals surface area contributed by atoms with E-state index in [0.717, 1.165) is 48.9 Å².